The fraction of sp³-hybridized carbons (Fsp3) is 0.467. The molecule has 0 radical (unpaired) electrons. The average molecular weight is 307 g/mol. The molecule has 0 spiro atoms. The number of carbonyl (C=O) groups is 1. The largest absolute Gasteiger partial charge is 0.351 e. The molecule has 0 atom stereocenters. The van der Waals surface area contributed by atoms with Crippen molar-refractivity contribution >= 4 is 17.5 Å². The number of hydrogen-bond donors (Lipinski definition) is 2. The summed E-state index contributed by atoms with van der Waals surface area (Å²) in [6.45, 7) is 2.66. The lowest BCUT2D eigenvalue weighted by Gasteiger charge is -2.08. The molecule has 0 unspecified atom stereocenters. The molecule has 1 aliphatic carbocycles. The summed E-state index contributed by atoms with van der Waals surface area (Å²) >= 11 is 6.02. The Hall–Kier alpha value is -1.75. The van der Waals surface area contributed by atoms with Gasteiger partial charge in [0.05, 0.1) is 11.2 Å². The SMILES string of the molecule is Cc1[nH]ncc1CCCNC(=O)c1cc(Cl)cn1C1CC1. The van der Waals surface area contributed by atoms with Crippen LogP contribution in [0.2, 0.25) is 5.02 Å². The van der Waals surface area contributed by atoms with E-state index in [1.54, 1.807) is 6.07 Å². The molecule has 1 saturated carbocycles. The van der Waals surface area contributed by atoms with E-state index in [9.17, 15) is 4.79 Å². The highest BCUT2D eigenvalue weighted by molar-refractivity contribution is 6.31. The maximum atomic E-state index is 12.2. The Morgan fingerprint density at radius 1 is 1.57 bits per heavy atom. The van der Waals surface area contributed by atoms with Gasteiger partial charge in [-0.1, -0.05) is 11.6 Å². The van der Waals surface area contributed by atoms with Crippen LogP contribution in [0.15, 0.2) is 18.5 Å². The molecule has 0 aromatic carbocycles. The molecule has 3 rings (SSSR count). The Bertz CT molecular complexity index is 642. The first kappa shape index (κ1) is 14.2. The van der Waals surface area contributed by atoms with E-state index >= 15 is 0 Å². The molecule has 5 nitrogen and oxygen atoms in total. The van der Waals surface area contributed by atoms with Crippen LogP contribution in [-0.2, 0) is 6.42 Å². The summed E-state index contributed by atoms with van der Waals surface area (Å²) in [6.07, 6.45) is 7.76. The van der Waals surface area contributed by atoms with Crippen LogP contribution in [-0.4, -0.2) is 27.2 Å². The van der Waals surface area contributed by atoms with Gasteiger partial charge in [-0.25, -0.2) is 0 Å². The van der Waals surface area contributed by atoms with Crippen molar-refractivity contribution in [2.75, 3.05) is 6.54 Å². The number of nitrogens with one attached hydrogen (secondary N) is 2. The standard InChI is InChI=1S/C15H19ClN4O/c1-10-11(8-18-19-10)3-2-6-17-15(21)14-7-12(16)9-20(14)13-4-5-13/h7-9,13H,2-6H2,1H3,(H,17,21)(H,18,19). The van der Waals surface area contributed by atoms with Gasteiger partial charge in [0.2, 0.25) is 0 Å². The van der Waals surface area contributed by atoms with Gasteiger partial charge in [-0.3, -0.25) is 9.89 Å². The minimum atomic E-state index is -0.0438. The van der Waals surface area contributed by atoms with Crippen molar-refractivity contribution in [3.8, 4) is 0 Å². The number of nitrogens with zero attached hydrogens (tertiary/aromatic N) is 2. The summed E-state index contributed by atoms with van der Waals surface area (Å²) in [5, 5.41) is 10.5. The number of rotatable bonds is 6. The van der Waals surface area contributed by atoms with Gasteiger partial charge < -0.3 is 9.88 Å². The normalized spacial score (nSPS) is 14.4. The van der Waals surface area contributed by atoms with E-state index in [4.69, 9.17) is 11.6 Å². The zero-order valence-electron chi connectivity index (χ0n) is 12.0. The number of aromatic nitrogens is 3. The minimum Gasteiger partial charge on any atom is -0.351 e. The molecule has 6 heteroatoms. The molecule has 1 fully saturated rings. The van der Waals surface area contributed by atoms with E-state index in [2.05, 4.69) is 15.5 Å². The van der Waals surface area contributed by atoms with Crippen LogP contribution < -0.4 is 5.32 Å². The summed E-state index contributed by atoms with van der Waals surface area (Å²) in [4.78, 5) is 12.2. The van der Waals surface area contributed by atoms with E-state index in [1.807, 2.05) is 23.9 Å². The van der Waals surface area contributed by atoms with Gasteiger partial charge in [0.15, 0.2) is 0 Å². The fourth-order valence-corrected chi connectivity index (χ4v) is 2.69. The van der Waals surface area contributed by atoms with Crippen LogP contribution in [0.5, 0.6) is 0 Å². The molecule has 2 heterocycles. The molecule has 21 heavy (non-hydrogen) atoms. The predicted molar refractivity (Wildman–Crippen MR) is 81.7 cm³/mol. The first-order chi connectivity index (χ1) is 10.1. The van der Waals surface area contributed by atoms with Gasteiger partial charge in [-0.2, -0.15) is 5.10 Å². The average Bonchev–Trinajstić information content (AvgIpc) is 3.12. The van der Waals surface area contributed by atoms with Gasteiger partial charge in [0.1, 0.15) is 5.69 Å². The summed E-state index contributed by atoms with van der Waals surface area (Å²) in [7, 11) is 0. The fourth-order valence-electron chi connectivity index (χ4n) is 2.48. The third-order valence-electron chi connectivity index (χ3n) is 3.83. The topological polar surface area (TPSA) is 62.7 Å². The summed E-state index contributed by atoms with van der Waals surface area (Å²) in [5.74, 6) is -0.0438. The second kappa shape index (κ2) is 5.93. The van der Waals surface area contributed by atoms with Crippen LogP contribution in [0.1, 0.15) is 47.1 Å². The van der Waals surface area contributed by atoms with Crippen LogP contribution >= 0.6 is 11.6 Å². The Kier molecular flexibility index (Phi) is 4.01. The third-order valence-corrected chi connectivity index (χ3v) is 4.04. The predicted octanol–water partition coefficient (Wildman–Crippen LogP) is 2.87. The van der Waals surface area contributed by atoms with Crippen molar-refractivity contribution in [3.05, 3.63) is 40.4 Å². The van der Waals surface area contributed by atoms with Crippen molar-refractivity contribution in [1.82, 2.24) is 20.1 Å². The highest BCUT2D eigenvalue weighted by Crippen LogP contribution is 2.37. The number of aromatic amines is 1. The van der Waals surface area contributed by atoms with Gasteiger partial charge in [0.25, 0.3) is 5.91 Å². The zero-order chi connectivity index (χ0) is 14.8. The van der Waals surface area contributed by atoms with Gasteiger partial charge in [-0.05, 0) is 44.2 Å². The first-order valence-corrected chi connectivity index (χ1v) is 7.67. The Labute approximate surface area is 128 Å². The summed E-state index contributed by atoms with van der Waals surface area (Å²) in [5.41, 5.74) is 2.96. The lowest BCUT2D eigenvalue weighted by Crippen LogP contribution is -2.26. The number of aryl methyl sites for hydroxylation is 2. The highest BCUT2D eigenvalue weighted by Gasteiger charge is 2.27. The number of hydrogen-bond acceptors (Lipinski definition) is 2. The van der Waals surface area contributed by atoms with E-state index in [1.165, 1.54) is 5.56 Å². The summed E-state index contributed by atoms with van der Waals surface area (Å²) < 4.78 is 2.00. The summed E-state index contributed by atoms with van der Waals surface area (Å²) in [6, 6.07) is 2.20. The molecule has 2 aromatic heterocycles. The van der Waals surface area contributed by atoms with Crippen molar-refractivity contribution < 1.29 is 4.79 Å². The second-order valence-electron chi connectivity index (χ2n) is 5.56. The van der Waals surface area contributed by atoms with Crippen LogP contribution in [0.4, 0.5) is 0 Å². The third kappa shape index (κ3) is 3.29. The van der Waals surface area contributed by atoms with E-state index in [0.717, 1.165) is 31.4 Å². The Morgan fingerprint density at radius 2 is 2.38 bits per heavy atom. The monoisotopic (exact) mass is 306 g/mol. The zero-order valence-corrected chi connectivity index (χ0v) is 12.8. The highest BCUT2D eigenvalue weighted by atomic mass is 35.5. The van der Waals surface area contributed by atoms with Gasteiger partial charge in [-0.15, -0.1) is 0 Å². The van der Waals surface area contributed by atoms with Crippen molar-refractivity contribution in [3.63, 3.8) is 0 Å². The molecule has 1 aliphatic rings. The van der Waals surface area contributed by atoms with E-state index < -0.39 is 0 Å². The Balaban J connectivity index is 1.51. The number of amides is 1. The molecule has 0 aliphatic heterocycles. The van der Waals surface area contributed by atoms with Gasteiger partial charge in [0, 0.05) is 24.5 Å². The molecule has 1 amide bonds. The van der Waals surface area contributed by atoms with E-state index in [-0.39, 0.29) is 5.91 Å². The maximum Gasteiger partial charge on any atom is 0.267 e. The molecule has 2 aromatic rings. The lowest BCUT2D eigenvalue weighted by molar-refractivity contribution is 0.0944. The number of carbonyl (C=O) groups excluding carboxylic acids is 1. The smallest absolute Gasteiger partial charge is 0.267 e. The molecule has 112 valence electrons. The van der Waals surface area contributed by atoms with Crippen LogP contribution in [0.3, 0.4) is 0 Å². The minimum absolute atomic E-state index is 0.0438. The van der Waals surface area contributed by atoms with Crippen LogP contribution in [0, 0.1) is 6.92 Å². The van der Waals surface area contributed by atoms with Gasteiger partial charge >= 0.3 is 0 Å². The Morgan fingerprint density at radius 3 is 3.05 bits per heavy atom. The van der Waals surface area contributed by atoms with E-state index in [0.29, 0.717) is 23.3 Å². The molecular weight excluding hydrogens is 288 g/mol. The first-order valence-electron chi connectivity index (χ1n) is 7.29. The van der Waals surface area contributed by atoms with Crippen LogP contribution in [0.25, 0.3) is 0 Å². The van der Waals surface area contributed by atoms with Crippen molar-refractivity contribution in [2.45, 2.75) is 38.6 Å². The molecule has 2 N–H and O–H groups in total. The number of H-pyrrole nitrogens is 1. The molecular formula is C15H19ClN4O. The molecule has 0 saturated heterocycles. The maximum absolute atomic E-state index is 12.2. The lowest BCUT2D eigenvalue weighted by atomic mass is 10.1. The second-order valence-corrected chi connectivity index (χ2v) is 6.00. The van der Waals surface area contributed by atoms with Crippen molar-refractivity contribution in [2.24, 2.45) is 0 Å². The van der Waals surface area contributed by atoms with Crippen molar-refractivity contribution in [1.29, 1.82) is 0 Å². The number of halogens is 1. The quantitative estimate of drug-likeness (QED) is 0.806. The molecule has 0 bridgehead atoms.